The summed E-state index contributed by atoms with van der Waals surface area (Å²) in [5, 5.41) is 5.53. The summed E-state index contributed by atoms with van der Waals surface area (Å²) in [5.41, 5.74) is 5.32. The molecule has 0 aliphatic rings. The van der Waals surface area contributed by atoms with E-state index in [-0.39, 0.29) is 11.4 Å². The number of benzene rings is 2. The quantitative estimate of drug-likeness (QED) is 0.426. The second kappa shape index (κ2) is 7.23. The van der Waals surface area contributed by atoms with Crippen molar-refractivity contribution in [3.05, 3.63) is 70.8 Å². The van der Waals surface area contributed by atoms with Crippen LogP contribution in [0.4, 0.5) is 11.6 Å². The second-order valence-electron chi connectivity index (χ2n) is 6.91. The Hall–Kier alpha value is -3.94. The first-order chi connectivity index (χ1) is 13.9. The first-order valence-corrected chi connectivity index (χ1v) is 9.11. The number of carbonyl (C=O) groups is 2. The highest BCUT2D eigenvalue weighted by molar-refractivity contribution is 6.13. The van der Waals surface area contributed by atoms with Crippen molar-refractivity contribution in [2.45, 2.75) is 20.8 Å². The molecule has 146 valence electrons. The van der Waals surface area contributed by atoms with E-state index in [1.54, 1.807) is 0 Å². The summed E-state index contributed by atoms with van der Waals surface area (Å²) in [6, 6.07) is 11.4. The van der Waals surface area contributed by atoms with Gasteiger partial charge in [-0.25, -0.2) is 9.97 Å². The lowest BCUT2D eigenvalue weighted by molar-refractivity contribution is 0.0985. The molecule has 0 atom stereocenters. The Balaban J connectivity index is 1.56. The van der Waals surface area contributed by atoms with Gasteiger partial charge >= 0.3 is 0 Å². The van der Waals surface area contributed by atoms with Crippen LogP contribution >= 0.6 is 0 Å². The molecule has 2 heterocycles. The minimum atomic E-state index is -0.510. The molecule has 2 amide bonds. The van der Waals surface area contributed by atoms with Crippen LogP contribution in [0.1, 0.15) is 37.7 Å². The highest BCUT2D eigenvalue weighted by Gasteiger charge is 2.22. The fraction of sp³-hybridized carbons (Fsp3) is 0.143. The fourth-order valence-electron chi connectivity index (χ4n) is 3.37. The lowest BCUT2D eigenvalue weighted by atomic mass is 10.0. The molecule has 0 saturated carbocycles. The summed E-state index contributed by atoms with van der Waals surface area (Å²) < 4.78 is 0. The SMILES string of the molecule is Cc1cc(C)c(NC(=O)c2nc[nH]c2C(=O)Nc2nc3ccccc3[nH]2)c(C)c1. The number of aromatic nitrogens is 4. The zero-order valence-corrected chi connectivity index (χ0v) is 16.3. The number of imidazole rings is 2. The van der Waals surface area contributed by atoms with E-state index in [1.807, 2.05) is 57.2 Å². The molecular weight excluding hydrogens is 368 g/mol. The summed E-state index contributed by atoms with van der Waals surface area (Å²) in [6.45, 7) is 5.85. The van der Waals surface area contributed by atoms with Gasteiger partial charge in [0.05, 0.1) is 17.4 Å². The van der Waals surface area contributed by atoms with Gasteiger partial charge in [0.1, 0.15) is 5.69 Å². The fourth-order valence-corrected chi connectivity index (χ4v) is 3.37. The van der Waals surface area contributed by atoms with E-state index in [2.05, 4.69) is 30.6 Å². The van der Waals surface area contributed by atoms with E-state index in [0.29, 0.717) is 11.6 Å². The van der Waals surface area contributed by atoms with Crippen LogP contribution in [0, 0.1) is 20.8 Å². The predicted octanol–water partition coefficient (Wildman–Crippen LogP) is 3.72. The molecule has 29 heavy (non-hydrogen) atoms. The molecule has 0 fully saturated rings. The average Bonchev–Trinajstić information content (AvgIpc) is 3.30. The molecule has 2 aromatic carbocycles. The van der Waals surface area contributed by atoms with E-state index < -0.39 is 11.8 Å². The van der Waals surface area contributed by atoms with E-state index in [0.717, 1.165) is 27.7 Å². The van der Waals surface area contributed by atoms with Crippen LogP contribution in [0.15, 0.2) is 42.7 Å². The van der Waals surface area contributed by atoms with Gasteiger partial charge in [-0.15, -0.1) is 0 Å². The van der Waals surface area contributed by atoms with Crippen molar-refractivity contribution >= 4 is 34.5 Å². The Kier molecular flexibility index (Phi) is 4.59. The molecular formula is C21H20N6O2. The van der Waals surface area contributed by atoms with Gasteiger partial charge in [-0.3, -0.25) is 14.9 Å². The third-order valence-electron chi connectivity index (χ3n) is 4.62. The van der Waals surface area contributed by atoms with E-state index >= 15 is 0 Å². The van der Waals surface area contributed by atoms with Gasteiger partial charge in [-0.05, 0) is 44.0 Å². The van der Waals surface area contributed by atoms with Gasteiger partial charge in [0.15, 0.2) is 5.69 Å². The number of fused-ring (bicyclic) bond motifs is 1. The summed E-state index contributed by atoms with van der Waals surface area (Å²) in [4.78, 5) is 39.6. The highest BCUT2D eigenvalue weighted by atomic mass is 16.2. The molecule has 8 heteroatoms. The van der Waals surface area contributed by atoms with E-state index in [9.17, 15) is 9.59 Å². The average molecular weight is 388 g/mol. The maximum Gasteiger partial charge on any atom is 0.276 e. The summed E-state index contributed by atoms with van der Waals surface area (Å²) >= 11 is 0. The molecule has 4 rings (SSSR count). The molecule has 8 nitrogen and oxygen atoms in total. The number of aryl methyl sites for hydroxylation is 3. The number of hydrogen-bond donors (Lipinski definition) is 4. The van der Waals surface area contributed by atoms with Crippen molar-refractivity contribution < 1.29 is 9.59 Å². The second-order valence-corrected chi connectivity index (χ2v) is 6.91. The molecule has 4 N–H and O–H groups in total. The third-order valence-corrected chi connectivity index (χ3v) is 4.62. The number of anilines is 2. The van der Waals surface area contributed by atoms with Crippen molar-refractivity contribution in [1.29, 1.82) is 0 Å². The maximum atomic E-state index is 12.8. The van der Waals surface area contributed by atoms with Crippen molar-refractivity contribution in [3.8, 4) is 0 Å². The Labute approximate surface area is 166 Å². The highest BCUT2D eigenvalue weighted by Crippen LogP contribution is 2.23. The molecule has 0 radical (unpaired) electrons. The predicted molar refractivity (Wildman–Crippen MR) is 111 cm³/mol. The van der Waals surface area contributed by atoms with Gasteiger partial charge < -0.3 is 15.3 Å². The van der Waals surface area contributed by atoms with Crippen molar-refractivity contribution in [2.75, 3.05) is 10.6 Å². The lowest BCUT2D eigenvalue weighted by Crippen LogP contribution is -2.21. The summed E-state index contributed by atoms with van der Waals surface area (Å²) in [7, 11) is 0. The molecule has 4 aromatic rings. The van der Waals surface area contributed by atoms with E-state index in [4.69, 9.17) is 0 Å². The smallest absolute Gasteiger partial charge is 0.276 e. The van der Waals surface area contributed by atoms with Crippen LogP contribution in [0.2, 0.25) is 0 Å². The monoisotopic (exact) mass is 388 g/mol. The molecule has 0 aliphatic heterocycles. The number of nitrogens with one attached hydrogen (secondary N) is 4. The first kappa shape index (κ1) is 18.4. The van der Waals surface area contributed by atoms with Crippen molar-refractivity contribution in [1.82, 2.24) is 19.9 Å². The Morgan fingerprint density at radius 1 is 0.966 bits per heavy atom. The zero-order chi connectivity index (χ0) is 20.5. The third kappa shape index (κ3) is 3.60. The Bertz CT molecular complexity index is 1180. The molecule has 0 aliphatic carbocycles. The topological polar surface area (TPSA) is 116 Å². The molecule has 2 aromatic heterocycles. The van der Waals surface area contributed by atoms with Crippen molar-refractivity contribution in [3.63, 3.8) is 0 Å². The number of carbonyl (C=O) groups excluding carboxylic acids is 2. The van der Waals surface area contributed by atoms with Crippen LogP contribution in [-0.2, 0) is 0 Å². The number of nitrogens with zero attached hydrogens (tertiary/aromatic N) is 2. The van der Waals surface area contributed by atoms with Gasteiger partial charge in [0.2, 0.25) is 5.95 Å². The number of hydrogen-bond acceptors (Lipinski definition) is 4. The minimum absolute atomic E-state index is 0.0120. The molecule has 0 bridgehead atoms. The van der Waals surface area contributed by atoms with Gasteiger partial charge in [0, 0.05) is 5.69 Å². The van der Waals surface area contributed by atoms with Crippen LogP contribution < -0.4 is 10.6 Å². The van der Waals surface area contributed by atoms with Crippen LogP contribution in [-0.4, -0.2) is 31.8 Å². The van der Waals surface area contributed by atoms with Gasteiger partial charge in [-0.1, -0.05) is 29.8 Å². The van der Waals surface area contributed by atoms with Crippen molar-refractivity contribution in [2.24, 2.45) is 0 Å². The number of amides is 2. The largest absolute Gasteiger partial charge is 0.340 e. The maximum absolute atomic E-state index is 12.8. The van der Waals surface area contributed by atoms with Crippen LogP contribution in [0.25, 0.3) is 11.0 Å². The molecule has 0 unspecified atom stereocenters. The zero-order valence-electron chi connectivity index (χ0n) is 16.3. The molecule has 0 saturated heterocycles. The number of para-hydroxylation sites is 2. The minimum Gasteiger partial charge on any atom is -0.340 e. The lowest BCUT2D eigenvalue weighted by Gasteiger charge is -2.12. The Morgan fingerprint density at radius 3 is 2.41 bits per heavy atom. The summed E-state index contributed by atoms with van der Waals surface area (Å²) in [5.74, 6) is -0.678. The number of rotatable bonds is 4. The van der Waals surface area contributed by atoms with Crippen LogP contribution in [0.3, 0.4) is 0 Å². The normalized spacial score (nSPS) is 10.9. The Morgan fingerprint density at radius 2 is 1.69 bits per heavy atom. The van der Waals surface area contributed by atoms with Gasteiger partial charge in [-0.2, -0.15) is 0 Å². The first-order valence-electron chi connectivity index (χ1n) is 9.11. The van der Waals surface area contributed by atoms with E-state index in [1.165, 1.54) is 6.33 Å². The number of H-pyrrole nitrogens is 2. The van der Waals surface area contributed by atoms with Crippen LogP contribution in [0.5, 0.6) is 0 Å². The number of aromatic amines is 2. The van der Waals surface area contributed by atoms with Gasteiger partial charge in [0.25, 0.3) is 11.8 Å². The summed E-state index contributed by atoms with van der Waals surface area (Å²) in [6.07, 6.45) is 1.32. The molecule has 0 spiro atoms. The standard InChI is InChI=1S/C21H20N6O2/c1-11-8-12(2)16(13(3)9-11)26-19(28)17-18(23-10-22-17)20(29)27-21-24-14-6-4-5-7-15(14)25-21/h4-10H,1-3H3,(H,22,23)(H,26,28)(H2,24,25,27,29).